The topological polar surface area (TPSA) is 131 Å². The summed E-state index contributed by atoms with van der Waals surface area (Å²) in [4.78, 5) is 24.3. The summed E-state index contributed by atoms with van der Waals surface area (Å²) >= 11 is 0. The number of ether oxygens (including phenoxy) is 2. The highest BCUT2D eigenvalue weighted by Crippen LogP contribution is 2.25. The minimum Gasteiger partial charge on any atom is -0.497 e. The van der Waals surface area contributed by atoms with E-state index in [0.717, 1.165) is 0 Å². The molecule has 9 heteroatoms. The Balaban J connectivity index is 1.76. The molecule has 4 N–H and O–H groups in total. The van der Waals surface area contributed by atoms with Crippen LogP contribution >= 0.6 is 0 Å². The first-order chi connectivity index (χ1) is 14.5. The predicted molar refractivity (Wildman–Crippen MR) is 112 cm³/mol. The van der Waals surface area contributed by atoms with Crippen LogP contribution < -0.4 is 21.1 Å². The van der Waals surface area contributed by atoms with E-state index in [1.54, 1.807) is 55.6 Å². The van der Waals surface area contributed by atoms with Crippen molar-refractivity contribution in [2.24, 2.45) is 0 Å². The Kier molecular flexibility index (Phi) is 5.89. The van der Waals surface area contributed by atoms with Crippen molar-refractivity contribution in [3.05, 3.63) is 66.0 Å². The van der Waals surface area contributed by atoms with Crippen LogP contribution in [0.4, 0.5) is 21.9 Å². The Labute approximate surface area is 172 Å². The zero-order valence-corrected chi connectivity index (χ0v) is 16.3. The van der Waals surface area contributed by atoms with Crippen LogP contribution in [0.15, 0.2) is 54.7 Å². The van der Waals surface area contributed by atoms with Crippen molar-refractivity contribution < 1.29 is 19.1 Å². The number of urea groups is 1. The summed E-state index contributed by atoms with van der Waals surface area (Å²) in [6.45, 7) is 0. The first-order valence-electron chi connectivity index (χ1n) is 8.78. The molecule has 0 radical (unpaired) electrons. The Morgan fingerprint density at radius 1 is 1.00 bits per heavy atom. The van der Waals surface area contributed by atoms with Crippen molar-refractivity contribution >= 4 is 29.1 Å². The summed E-state index contributed by atoms with van der Waals surface area (Å²) in [5.74, 6) is 0.0307. The third-order valence-corrected chi connectivity index (χ3v) is 4.29. The van der Waals surface area contributed by atoms with E-state index in [1.165, 1.54) is 17.9 Å². The SMILES string of the molecule is COC(=O)c1c(N)c(C#N)cn1-c1ccc(NC(=O)Nc2ccc(OC)cc2)cc1. The van der Waals surface area contributed by atoms with Crippen LogP contribution in [0, 0.1) is 11.3 Å². The number of benzene rings is 2. The van der Waals surface area contributed by atoms with Gasteiger partial charge in [0.15, 0.2) is 5.69 Å². The third kappa shape index (κ3) is 4.18. The fourth-order valence-corrected chi connectivity index (χ4v) is 2.79. The second kappa shape index (κ2) is 8.70. The number of rotatable bonds is 5. The third-order valence-electron chi connectivity index (χ3n) is 4.29. The van der Waals surface area contributed by atoms with Crippen LogP contribution in [-0.4, -0.2) is 30.8 Å². The van der Waals surface area contributed by atoms with Crippen LogP contribution in [0.25, 0.3) is 5.69 Å². The average Bonchev–Trinajstić information content (AvgIpc) is 3.10. The van der Waals surface area contributed by atoms with Crippen LogP contribution in [0.3, 0.4) is 0 Å². The number of aromatic nitrogens is 1. The Hall–Kier alpha value is -4.45. The molecular weight excluding hydrogens is 386 g/mol. The van der Waals surface area contributed by atoms with Crippen LogP contribution in [0.1, 0.15) is 16.1 Å². The largest absolute Gasteiger partial charge is 0.497 e. The molecule has 0 unspecified atom stereocenters. The predicted octanol–water partition coefficient (Wildman–Crippen LogP) is 3.37. The Morgan fingerprint density at radius 3 is 2.07 bits per heavy atom. The molecule has 0 saturated carbocycles. The maximum absolute atomic E-state index is 12.2. The maximum Gasteiger partial charge on any atom is 0.357 e. The molecule has 1 heterocycles. The second-order valence-electron chi connectivity index (χ2n) is 6.13. The van der Waals surface area contributed by atoms with Gasteiger partial charge in [-0.2, -0.15) is 5.26 Å². The van der Waals surface area contributed by atoms with E-state index in [-0.39, 0.29) is 16.9 Å². The molecular formula is C21H19N5O4. The van der Waals surface area contributed by atoms with Gasteiger partial charge >= 0.3 is 12.0 Å². The van der Waals surface area contributed by atoms with Crippen LogP contribution in [0.5, 0.6) is 5.75 Å². The van der Waals surface area contributed by atoms with E-state index in [4.69, 9.17) is 15.2 Å². The van der Waals surface area contributed by atoms with E-state index in [0.29, 0.717) is 22.8 Å². The molecule has 0 spiro atoms. The molecule has 3 aromatic rings. The van der Waals surface area contributed by atoms with Crippen LogP contribution in [-0.2, 0) is 4.74 Å². The van der Waals surface area contributed by atoms with Crippen molar-refractivity contribution in [3.8, 4) is 17.5 Å². The molecule has 0 aliphatic heterocycles. The number of methoxy groups -OCH3 is 2. The van der Waals surface area contributed by atoms with Crippen molar-refractivity contribution in [3.63, 3.8) is 0 Å². The van der Waals surface area contributed by atoms with Crippen molar-refractivity contribution in [2.45, 2.75) is 0 Å². The molecule has 0 bridgehead atoms. The van der Waals surface area contributed by atoms with E-state index in [9.17, 15) is 14.9 Å². The zero-order chi connectivity index (χ0) is 21.7. The number of carbonyl (C=O) groups excluding carboxylic acids is 2. The van der Waals surface area contributed by atoms with Crippen LogP contribution in [0.2, 0.25) is 0 Å². The van der Waals surface area contributed by atoms with E-state index >= 15 is 0 Å². The summed E-state index contributed by atoms with van der Waals surface area (Å²) in [7, 11) is 2.80. The number of hydrogen-bond donors (Lipinski definition) is 3. The summed E-state index contributed by atoms with van der Waals surface area (Å²) in [5.41, 5.74) is 7.89. The van der Waals surface area contributed by atoms with Gasteiger partial charge in [-0.05, 0) is 48.5 Å². The van der Waals surface area contributed by atoms with Crippen molar-refractivity contribution in [2.75, 3.05) is 30.6 Å². The minimum atomic E-state index is -0.657. The van der Waals surface area contributed by atoms with Gasteiger partial charge in [0.05, 0.1) is 25.5 Å². The number of hydrogen-bond acceptors (Lipinski definition) is 6. The first-order valence-corrected chi connectivity index (χ1v) is 8.78. The van der Waals surface area contributed by atoms with Gasteiger partial charge in [0.1, 0.15) is 11.8 Å². The first kappa shape index (κ1) is 20.3. The van der Waals surface area contributed by atoms with Gasteiger partial charge in [0.2, 0.25) is 0 Å². The lowest BCUT2D eigenvalue weighted by molar-refractivity contribution is 0.0593. The van der Waals surface area contributed by atoms with Crippen molar-refractivity contribution in [1.29, 1.82) is 5.26 Å². The molecule has 9 nitrogen and oxygen atoms in total. The highest BCUT2D eigenvalue weighted by molar-refractivity contribution is 6.00. The molecule has 2 amide bonds. The highest BCUT2D eigenvalue weighted by atomic mass is 16.5. The average molecular weight is 405 g/mol. The molecule has 0 aliphatic carbocycles. The number of nitrogens with two attached hydrogens (primary N) is 1. The number of nitrogens with one attached hydrogen (secondary N) is 2. The molecule has 0 fully saturated rings. The lowest BCUT2D eigenvalue weighted by Crippen LogP contribution is -2.19. The fourth-order valence-electron chi connectivity index (χ4n) is 2.79. The van der Waals surface area contributed by atoms with Gasteiger partial charge in [0.25, 0.3) is 0 Å². The Morgan fingerprint density at radius 2 is 1.57 bits per heavy atom. The molecule has 152 valence electrons. The molecule has 3 rings (SSSR count). The molecule has 0 aliphatic rings. The molecule has 0 saturated heterocycles. The van der Waals surface area contributed by atoms with Gasteiger partial charge in [-0.1, -0.05) is 0 Å². The van der Waals surface area contributed by atoms with Gasteiger partial charge in [-0.15, -0.1) is 0 Å². The lowest BCUT2D eigenvalue weighted by atomic mass is 10.2. The van der Waals surface area contributed by atoms with E-state index in [2.05, 4.69) is 10.6 Å². The van der Waals surface area contributed by atoms with Crippen molar-refractivity contribution in [1.82, 2.24) is 4.57 Å². The van der Waals surface area contributed by atoms with Gasteiger partial charge in [-0.25, -0.2) is 9.59 Å². The lowest BCUT2D eigenvalue weighted by Gasteiger charge is -2.11. The number of esters is 1. The number of anilines is 3. The van der Waals surface area contributed by atoms with Gasteiger partial charge in [0, 0.05) is 23.3 Å². The molecule has 1 aromatic heterocycles. The van der Waals surface area contributed by atoms with E-state index in [1.807, 2.05) is 6.07 Å². The smallest absolute Gasteiger partial charge is 0.357 e. The quantitative estimate of drug-likeness (QED) is 0.558. The number of nitriles is 1. The number of amides is 2. The Bertz CT molecular complexity index is 1110. The van der Waals surface area contributed by atoms with Gasteiger partial charge < -0.3 is 30.4 Å². The molecule has 0 atom stereocenters. The minimum absolute atomic E-state index is 0.0467. The zero-order valence-electron chi connectivity index (χ0n) is 16.3. The number of carbonyl (C=O) groups is 2. The molecule has 30 heavy (non-hydrogen) atoms. The summed E-state index contributed by atoms with van der Waals surface area (Å²) < 4.78 is 11.3. The number of nitrogens with zero attached hydrogens (tertiary/aromatic N) is 2. The van der Waals surface area contributed by atoms with E-state index < -0.39 is 12.0 Å². The monoisotopic (exact) mass is 405 g/mol. The summed E-state index contributed by atoms with van der Waals surface area (Å²) in [6, 6.07) is 15.1. The molecule has 2 aromatic carbocycles. The van der Waals surface area contributed by atoms with Gasteiger partial charge in [-0.3, -0.25) is 0 Å². The maximum atomic E-state index is 12.2. The highest BCUT2D eigenvalue weighted by Gasteiger charge is 2.21. The second-order valence-corrected chi connectivity index (χ2v) is 6.13. The fraction of sp³-hybridized carbons (Fsp3) is 0.0952. The number of nitrogen functional groups attached to an aromatic ring is 1. The standard InChI is InChI=1S/C21H19N5O4/c1-29-17-9-5-15(6-10-17)25-21(28)24-14-3-7-16(8-4-14)26-12-13(11-22)18(23)19(26)20(27)30-2/h3-10,12H,23H2,1-2H3,(H2,24,25,28). The summed E-state index contributed by atoms with van der Waals surface area (Å²) in [5, 5.41) is 14.6. The summed E-state index contributed by atoms with van der Waals surface area (Å²) in [6.07, 6.45) is 1.46. The normalized spacial score (nSPS) is 10.0.